The first kappa shape index (κ1) is 20.1. The van der Waals surface area contributed by atoms with Gasteiger partial charge in [0.15, 0.2) is 0 Å². The topological polar surface area (TPSA) is 61.9 Å². The van der Waals surface area contributed by atoms with Crippen LogP contribution in [0.15, 0.2) is 59.4 Å². The number of benzene rings is 2. The van der Waals surface area contributed by atoms with Gasteiger partial charge in [-0.2, -0.15) is 0 Å². The van der Waals surface area contributed by atoms with E-state index in [4.69, 9.17) is 21.6 Å². The van der Waals surface area contributed by atoms with Crippen molar-refractivity contribution in [2.45, 2.75) is 26.4 Å². The third kappa shape index (κ3) is 4.19. The molecule has 7 heteroatoms. The summed E-state index contributed by atoms with van der Waals surface area (Å²) in [6.07, 6.45) is 0.753. The van der Waals surface area contributed by atoms with Crippen molar-refractivity contribution in [3.8, 4) is 22.0 Å². The van der Waals surface area contributed by atoms with Crippen molar-refractivity contribution >= 4 is 22.9 Å². The lowest BCUT2D eigenvalue weighted by Crippen LogP contribution is -2.35. The lowest BCUT2D eigenvalue weighted by atomic mass is 10.1. The number of thiazole rings is 1. The minimum Gasteiger partial charge on any atom is -0.306 e. The first-order chi connectivity index (χ1) is 15.1. The van der Waals surface area contributed by atoms with Crippen LogP contribution in [0.1, 0.15) is 21.8 Å². The molecule has 156 valence electrons. The van der Waals surface area contributed by atoms with E-state index in [1.54, 1.807) is 23.5 Å². The number of halogens is 1. The number of aryl methyl sites for hydroxylation is 1. The van der Waals surface area contributed by atoms with Crippen LogP contribution in [-0.2, 0) is 19.5 Å². The molecule has 2 aromatic carbocycles. The van der Waals surface area contributed by atoms with Crippen molar-refractivity contribution in [1.82, 2.24) is 19.9 Å². The Kier molecular flexibility index (Phi) is 5.44. The maximum atomic E-state index is 12.8. The minimum atomic E-state index is -0.0642. The van der Waals surface area contributed by atoms with E-state index in [9.17, 15) is 4.79 Å². The number of nitrogens with zero attached hydrogens (tertiary/aromatic N) is 3. The monoisotopic (exact) mass is 448 g/mol. The van der Waals surface area contributed by atoms with Crippen LogP contribution in [0.5, 0.6) is 0 Å². The molecule has 2 aromatic heterocycles. The number of hydrogen-bond donors (Lipinski definition) is 1. The Hall–Kier alpha value is -2.80. The van der Waals surface area contributed by atoms with Gasteiger partial charge in [0, 0.05) is 47.1 Å². The Morgan fingerprint density at radius 1 is 1.06 bits per heavy atom. The second kappa shape index (κ2) is 8.38. The Morgan fingerprint density at radius 2 is 1.84 bits per heavy atom. The van der Waals surface area contributed by atoms with Crippen LogP contribution in [0.3, 0.4) is 0 Å². The highest BCUT2D eigenvalue weighted by Gasteiger charge is 2.23. The molecule has 0 spiro atoms. The van der Waals surface area contributed by atoms with Crippen molar-refractivity contribution in [2.75, 3.05) is 6.54 Å². The van der Waals surface area contributed by atoms with Gasteiger partial charge in [0.1, 0.15) is 10.8 Å². The van der Waals surface area contributed by atoms with Gasteiger partial charge in [0.2, 0.25) is 0 Å². The first-order valence-corrected chi connectivity index (χ1v) is 11.4. The first-order valence-electron chi connectivity index (χ1n) is 10.2. The van der Waals surface area contributed by atoms with Gasteiger partial charge in [-0.1, -0.05) is 41.9 Å². The number of rotatable bonds is 4. The summed E-state index contributed by atoms with van der Waals surface area (Å²) in [6, 6.07) is 17.6. The van der Waals surface area contributed by atoms with Gasteiger partial charge in [-0.3, -0.25) is 9.69 Å². The molecule has 0 bridgehead atoms. The highest BCUT2D eigenvalue weighted by atomic mass is 35.5. The maximum Gasteiger partial charge on any atom is 0.255 e. The number of aromatic amines is 1. The Bertz CT molecular complexity index is 1280. The lowest BCUT2D eigenvalue weighted by Gasteiger charge is -2.27. The molecule has 0 unspecified atom stereocenters. The van der Waals surface area contributed by atoms with Crippen molar-refractivity contribution in [1.29, 1.82) is 0 Å². The van der Waals surface area contributed by atoms with Gasteiger partial charge < -0.3 is 4.98 Å². The van der Waals surface area contributed by atoms with E-state index in [0.29, 0.717) is 17.4 Å². The summed E-state index contributed by atoms with van der Waals surface area (Å²) in [5.74, 6) is 0.597. The van der Waals surface area contributed by atoms with E-state index in [2.05, 4.69) is 28.9 Å². The van der Waals surface area contributed by atoms with E-state index in [1.807, 2.05) is 30.3 Å². The zero-order valence-corrected chi connectivity index (χ0v) is 18.6. The second-order valence-electron chi connectivity index (χ2n) is 7.70. The molecule has 0 aliphatic carbocycles. The summed E-state index contributed by atoms with van der Waals surface area (Å²) in [4.78, 5) is 28.8. The van der Waals surface area contributed by atoms with Crippen molar-refractivity contribution < 1.29 is 0 Å². The summed E-state index contributed by atoms with van der Waals surface area (Å²) < 4.78 is 0. The molecule has 1 N–H and O–H groups in total. The zero-order valence-electron chi connectivity index (χ0n) is 17.1. The Morgan fingerprint density at radius 3 is 2.61 bits per heavy atom. The van der Waals surface area contributed by atoms with E-state index >= 15 is 0 Å². The van der Waals surface area contributed by atoms with E-state index in [1.165, 1.54) is 4.88 Å². The molecule has 0 radical (unpaired) electrons. The van der Waals surface area contributed by atoms with Crippen LogP contribution < -0.4 is 5.56 Å². The van der Waals surface area contributed by atoms with Gasteiger partial charge in [0.25, 0.3) is 5.56 Å². The predicted molar refractivity (Wildman–Crippen MR) is 125 cm³/mol. The van der Waals surface area contributed by atoms with Gasteiger partial charge >= 0.3 is 0 Å². The molecule has 0 saturated carbocycles. The molecule has 4 aromatic rings. The fourth-order valence-corrected chi connectivity index (χ4v) is 5.08. The molecule has 3 heterocycles. The summed E-state index contributed by atoms with van der Waals surface area (Å²) >= 11 is 7.70. The Labute approximate surface area is 189 Å². The molecule has 1 aliphatic heterocycles. The van der Waals surface area contributed by atoms with E-state index in [-0.39, 0.29) is 5.56 Å². The van der Waals surface area contributed by atoms with Crippen LogP contribution in [0, 0.1) is 6.92 Å². The largest absolute Gasteiger partial charge is 0.306 e. The van der Waals surface area contributed by atoms with Crippen molar-refractivity contribution in [3.05, 3.63) is 91.8 Å². The minimum absolute atomic E-state index is 0.0642. The van der Waals surface area contributed by atoms with Crippen molar-refractivity contribution in [2.24, 2.45) is 0 Å². The highest BCUT2D eigenvalue weighted by molar-refractivity contribution is 7.15. The average Bonchev–Trinajstić information content (AvgIpc) is 3.15. The lowest BCUT2D eigenvalue weighted by molar-refractivity contribution is 0.243. The molecular formula is C24H21ClN4OS. The quantitative estimate of drug-likeness (QED) is 0.473. The molecule has 1 aliphatic rings. The fourth-order valence-electron chi connectivity index (χ4n) is 3.84. The molecule has 0 fully saturated rings. The molecule has 5 nitrogen and oxygen atoms in total. The van der Waals surface area contributed by atoms with Gasteiger partial charge in [-0.15, -0.1) is 11.3 Å². The summed E-state index contributed by atoms with van der Waals surface area (Å²) in [7, 11) is 0. The molecule has 0 atom stereocenters. The maximum absolute atomic E-state index is 12.8. The van der Waals surface area contributed by atoms with Crippen LogP contribution in [0.2, 0.25) is 5.02 Å². The molecule has 0 saturated heterocycles. The molecule has 31 heavy (non-hydrogen) atoms. The SMILES string of the molecule is Cc1nc(-c2ccccc2)sc1CN1CCc2nc(-c3ccc(Cl)cc3)[nH]c(=O)c2C1. The van der Waals surface area contributed by atoms with Crippen LogP contribution >= 0.6 is 22.9 Å². The van der Waals surface area contributed by atoms with Crippen LogP contribution in [-0.4, -0.2) is 26.4 Å². The van der Waals surface area contributed by atoms with E-state index < -0.39 is 0 Å². The summed E-state index contributed by atoms with van der Waals surface area (Å²) in [5.41, 5.74) is 4.64. The number of H-pyrrole nitrogens is 1. The second-order valence-corrected chi connectivity index (χ2v) is 9.22. The summed E-state index contributed by atoms with van der Waals surface area (Å²) in [6.45, 7) is 4.30. The number of hydrogen-bond acceptors (Lipinski definition) is 5. The highest BCUT2D eigenvalue weighted by Crippen LogP contribution is 2.30. The zero-order chi connectivity index (χ0) is 21.4. The van der Waals surface area contributed by atoms with Crippen molar-refractivity contribution in [3.63, 3.8) is 0 Å². The predicted octanol–water partition coefficient (Wildman–Crippen LogP) is 5.08. The van der Waals surface area contributed by atoms with Crippen LogP contribution in [0.25, 0.3) is 22.0 Å². The van der Waals surface area contributed by atoms with Gasteiger partial charge in [-0.05, 0) is 31.2 Å². The standard InChI is InChI=1S/C24H21ClN4OS/c1-15-21(31-24(26-15)17-5-3-2-4-6-17)14-29-12-11-20-19(13-29)23(30)28-22(27-20)16-7-9-18(25)10-8-16/h2-10H,11-14H2,1H3,(H,27,28,30). The normalized spacial score (nSPS) is 13.9. The average molecular weight is 449 g/mol. The number of aromatic nitrogens is 3. The van der Waals surface area contributed by atoms with Gasteiger partial charge in [0.05, 0.1) is 17.0 Å². The third-order valence-electron chi connectivity index (χ3n) is 5.55. The molecule has 0 amide bonds. The number of fused-ring (bicyclic) bond motifs is 1. The van der Waals surface area contributed by atoms with E-state index in [0.717, 1.165) is 52.6 Å². The number of nitrogens with one attached hydrogen (secondary N) is 1. The third-order valence-corrected chi connectivity index (χ3v) is 6.99. The van der Waals surface area contributed by atoms with Gasteiger partial charge in [-0.25, -0.2) is 9.97 Å². The van der Waals surface area contributed by atoms with Crippen LogP contribution in [0.4, 0.5) is 0 Å². The fraction of sp³-hybridized carbons (Fsp3) is 0.208. The summed E-state index contributed by atoms with van der Waals surface area (Å²) in [5, 5.41) is 1.70. The molecule has 5 rings (SSSR count). The smallest absolute Gasteiger partial charge is 0.255 e. The Balaban J connectivity index is 1.36. The molecular weight excluding hydrogens is 428 g/mol.